The Bertz CT molecular complexity index is 670. The number of aromatic nitrogens is 3. The highest BCUT2D eigenvalue weighted by Crippen LogP contribution is 2.28. The Morgan fingerprint density at radius 2 is 2.42 bits per heavy atom. The lowest BCUT2D eigenvalue weighted by atomic mass is 9.93. The average molecular weight is 348 g/mol. The van der Waals surface area contributed by atoms with E-state index in [0.29, 0.717) is 11.6 Å². The summed E-state index contributed by atoms with van der Waals surface area (Å²) in [6.45, 7) is 7.55. The Labute approximate surface area is 146 Å². The first-order chi connectivity index (χ1) is 11.6. The van der Waals surface area contributed by atoms with E-state index >= 15 is 0 Å². The lowest BCUT2D eigenvalue weighted by Gasteiger charge is -2.40. The van der Waals surface area contributed by atoms with Crippen LogP contribution in [0.1, 0.15) is 20.3 Å². The second kappa shape index (κ2) is 7.31. The van der Waals surface area contributed by atoms with Gasteiger partial charge in [-0.05, 0) is 18.9 Å². The van der Waals surface area contributed by atoms with Crippen LogP contribution < -0.4 is 5.32 Å². The van der Waals surface area contributed by atoms with Crippen LogP contribution in [0, 0.1) is 5.92 Å². The topological polar surface area (TPSA) is 77.1 Å². The molecule has 1 fully saturated rings. The minimum absolute atomic E-state index is 0.101. The van der Waals surface area contributed by atoms with Crippen molar-refractivity contribution in [1.82, 2.24) is 25.0 Å². The molecule has 1 aliphatic heterocycles. The highest BCUT2D eigenvalue weighted by molar-refractivity contribution is 7.13. The number of amides is 2. The molecule has 2 aromatic rings. The van der Waals surface area contributed by atoms with Crippen molar-refractivity contribution in [3.8, 4) is 10.7 Å². The van der Waals surface area contributed by atoms with Crippen molar-refractivity contribution in [2.75, 3.05) is 32.0 Å². The number of H-pyrrole nitrogens is 1. The lowest BCUT2D eigenvalue weighted by Crippen LogP contribution is -2.51. The monoisotopic (exact) mass is 348 g/mol. The molecule has 3 rings (SSSR count). The Kier molecular flexibility index (Phi) is 5.15. The van der Waals surface area contributed by atoms with Crippen LogP contribution in [0.2, 0.25) is 0 Å². The van der Waals surface area contributed by atoms with Gasteiger partial charge in [-0.1, -0.05) is 13.8 Å². The maximum atomic E-state index is 12.7. The summed E-state index contributed by atoms with van der Waals surface area (Å²) < 4.78 is 0. The standard InChI is InChI=1S/C16H24N6OS/c1-4-22-7-5-13(11(2)10-22)21(3)16(23)19-12-9-18-20-14(12)15-17-6-8-24-15/h6,8-9,11,13H,4-5,7,10H2,1-3H3,(H,18,20)(H,19,23). The van der Waals surface area contributed by atoms with E-state index in [1.54, 1.807) is 12.4 Å². The number of anilines is 1. The van der Waals surface area contributed by atoms with Gasteiger partial charge in [0.25, 0.3) is 0 Å². The Hall–Kier alpha value is -1.93. The maximum absolute atomic E-state index is 12.7. The van der Waals surface area contributed by atoms with Gasteiger partial charge in [0.05, 0.1) is 11.9 Å². The normalized spacial score (nSPS) is 21.6. The molecule has 0 aliphatic carbocycles. The number of piperidine rings is 1. The zero-order chi connectivity index (χ0) is 17.1. The van der Waals surface area contributed by atoms with Gasteiger partial charge in [-0.3, -0.25) is 5.10 Å². The molecule has 0 aromatic carbocycles. The summed E-state index contributed by atoms with van der Waals surface area (Å²) in [5.41, 5.74) is 1.42. The molecule has 0 saturated carbocycles. The van der Waals surface area contributed by atoms with E-state index in [-0.39, 0.29) is 12.1 Å². The number of hydrogen-bond donors (Lipinski definition) is 2. The molecular weight excluding hydrogens is 324 g/mol. The molecule has 2 atom stereocenters. The molecular formula is C16H24N6OS. The minimum Gasteiger partial charge on any atom is -0.324 e. The van der Waals surface area contributed by atoms with Crippen LogP contribution in [0.3, 0.4) is 0 Å². The smallest absolute Gasteiger partial charge is 0.321 e. The molecule has 8 heteroatoms. The van der Waals surface area contributed by atoms with Gasteiger partial charge in [-0.25, -0.2) is 9.78 Å². The fourth-order valence-electron chi connectivity index (χ4n) is 3.33. The van der Waals surface area contributed by atoms with Crippen molar-refractivity contribution >= 4 is 23.1 Å². The van der Waals surface area contributed by atoms with Crippen LogP contribution in [0.25, 0.3) is 10.7 Å². The number of hydrogen-bond acceptors (Lipinski definition) is 5. The maximum Gasteiger partial charge on any atom is 0.321 e. The number of carbonyl (C=O) groups is 1. The number of nitrogens with zero attached hydrogens (tertiary/aromatic N) is 4. The molecule has 1 aliphatic rings. The molecule has 3 heterocycles. The summed E-state index contributed by atoms with van der Waals surface area (Å²) in [7, 11) is 1.88. The van der Waals surface area contributed by atoms with Gasteiger partial charge in [0.1, 0.15) is 10.7 Å². The second-order valence-electron chi connectivity index (χ2n) is 6.26. The van der Waals surface area contributed by atoms with E-state index in [1.165, 1.54) is 11.3 Å². The first kappa shape index (κ1) is 16.9. The largest absolute Gasteiger partial charge is 0.324 e. The van der Waals surface area contributed by atoms with Crippen molar-refractivity contribution in [2.45, 2.75) is 26.3 Å². The third-order valence-electron chi connectivity index (χ3n) is 4.74. The van der Waals surface area contributed by atoms with Crippen molar-refractivity contribution < 1.29 is 4.79 Å². The van der Waals surface area contributed by atoms with Crippen molar-refractivity contribution in [3.63, 3.8) is 0 Å². The molecule has 2 aromatic heterocycles. The molecule has 7 nitrogen and oxygen atoms in total. The second-order valence-corrected chi connectivity index (χ2v) is 7.16. The highest BCUT2D eigenvalue weighted by Gasteiger charge is 2.31. The minimum atomic E-state index is -0.101. The van der Waals surface area contributed by atoms with Crippen LogP contribution in [-0.4, -0.2) is 63.7 Å². The number of aromatic amines is 1. The zero-order valence-corrected chi connectivity index (χ0v) is 15.1. The molecule has 2 amide bonds. The van der Waals surface area contributed by atoms with Crippen LogP contribution in [-0.2, 0) is 0 Å². The Balaban J connectivity index is 1.66. The first-order valence-corrected chi connectivity index (χ1v) is 9.17. The molecule has 2 unspecified atom stereocenters. The first-order valence-electron chi connectivity index (χ1n) is 8.29. The van der Waals surface area contributed by atoms with E-state index in [0.717, 1.165) is 36.8 Å². The molecule has 2 N–H and O–H groups in total. The van der Waals surface area contributed by atoms with Gasteiger partial charge in [-0.15, -0.1) is 11.3 Å². The Morgan fingerprint density at radius 1 is 1.58 bits per heavy atom. The molecule has 0 bridgehead atoms. The summed E-state index contributed by atoms with van der Waals surface area (Å²) in [5.74, 6) is 0.456. The van der Waals surface area contributed by atoms with E-state index in [2.05, 4.69) is 39.2 Å². The summed E-state index contributed by atoms with van der Waals surface area (Å²) >= 11 is 1.51. The molecule has 0 spiro atoms. The van der Waals surface area contributed by atoms with E-state index in [1.807, 2.05) is 17.3 Å². The molecule has 0 radical (unpaired) electrons. The average Bonchev–Trinajstić information content (AvgIpc) is 3.25. The number of carbonyl (C=O) groups excluding carboxylic acids is 1. The van der Waals surface area contributed by atoms with Crippen LogP contribution in [0.4, 0.5) is 10.5 Å². The van der Waals surface area contributed by atoms with E-state index in [9.17, 15) is 4.79 Å². The van der Waals surface area contributed by atoms with Crippen LogP contribution >= 0.6 is 11.3 Å². The van der Waals surface area contributed by atoms with Crippen molar-refractivity contribution in [1.29, 1.82) is 0 Å². The number of urea groups is 1. The lowest BCUT2D eigenvalue weighted by molar-refractivity contribution is 0.101. The Morgan fingerprint density at radius 3 is 3.08 bits per heavy atom. The van der Waals surface area contributed by atoms with Crippen LogP contribution in [0.5, 0.6) is 0 Å². The number of likely N-dealkylation sites (tertiary alicyclic amines) is 1. The number of thiazole rings is 1. The molecule has 130 valence electrons. The summed E-state index contributed by atoms with van der Waals surface area (Å²) in [4.78, 5) is 21.2. The van der Waals surface area contributed by atoms with Gasteiger partial charge in [0, 0.05) is 37.8 Å². The van der Waals surface area contributed by atoms with E-state index in [4.69, 9.17) is 0 Å². The predicted octanol–water partition coefficient (Wildman–Crippen LogP) is 2.73. The molecule has 1 saturated heterocycles. The summed E-state index contributed by atoms with van der Waals surface area (Å²) in [6.07, 6.45) is 4.37. The fraction of sp³-hybridized carbons (Fsp3) is 0.562. The van der Waals surface area contributed by atoms with Gasteiger partial charge >= 0.3 is 6.03 Å². The van der Waals surface area contributed by atoms with Crippen molar-refractivity contribution in [2.24, 2.45) is 5.92 Å². The summed E-state index contributed by atoms with van der Waals surface area (Å²) in [6, 6.07) is 0.152. The zero-order valence-electron chi connectivity index (χ0n) is 14.3. The summed E-state index contributed by atoms with van der Waals surface area (Å²) in [5, 5.41) is 12.6. The van der Waals surface area contributed by atoms with Gasteiger partial charge < -0.3 is 15.1 Å². The van der Waals surface area contributed by atoms with Gasteiger partial charge in [0.15, 0.2) is 0 Å². The third kappa shape index (κ3) is 3.44. The predicted molar refractivity (Wildman–Crippen MR) is 96.2 cm³/mol. The fourth-order valence-corrected chi connectivity index (χ4v) is 3.97. The third-order valence-corrected chi connectivity index (χ3v) is 5.53. The quantitative estimate of drug-likeness (QED) is 0.891. The van der Waals surface area contributed by atoms with Gasteiger partial charge in [0.2, 0.25) is 0 Å². The van der Waals surface area contributed by atoms with Crippen molar-refractivity contribution in [3.05, 3.63) is 17.8 Å². The number of rotatable bonds is 4. The SMILES string of the molecule is CCN1CCC(N(C)C(=O)Nc2cn[nH]c2-c2nccs2)C(C)C1. The highest BCUT2D eigenvalue weighted by atomic mass is 32.1. The molecule has 24 heavy (non-hydrogen) atoms. The van der Waals surface area contributed by atoms with Crippen LogP contribution in [0.15, 0.2) is 17.8 Å². The van der Waals surface area contributed by atoms with E-state index < -0.39 is 0 Å². The van der Waals surface area contributed by atoms with Gasteiger partial charge in [-0.2, -0.15) is 5.10 Å². The number of nitrogens with one attached hydrogen (secondary N) is 2.